The molecule has 150 valence electrons. The lowest BCUT2D eigenvalue weighted by Crippen LogP contribution is -2.45. The molecule has 5 heteroatoms. The van der Waals surface area contributed by atoms with Crippen LogP contribution in [0.1, 0.15) is 52.0 Å². The summed E-state index contributed by atoms with van der Waals surface area (Å²) in [6, 6.07) is 11.0. The molecule has 0 bridgehead atoms. The lowest BCUT2D eigenvalue weighted by atomic mass is 10.1. The number of carbonyl (C=O) groups excluding carboxylic acids is 1. The van der Waals surface area contributed by atoms with Crippen molar-refractivity contribution in [3.05, 3.63) is 35.9 Å². The smallest absolute Gasteiger partial charge is 0.225 e. The van der Waals surface area contributed by atoms with Crippen LogP contribution in [-0.2, 0) is 11.2 Å². The zero-order valence-electron chi connectivity index (χ0n) is 17.2. The number of rotatable bonds is 9. The average molecular weight is 373 g/mol. The molecule has 1 unspecified atom stereocenters. The van der Waals surface area contributed by atoms with Crippen LogP contribution >= 0.6 is 0 Å². The molecule has 0 spiro atoms. The maximum absolute atomic E-state index is 12.1. The number of aryl methyl sites for hydroxylation is 1. The van der Waals surface area contributed by atoms with E-state index in [0.717, 1.165) is 51.4 Å². The zero-order chi connectivity index (χ0) is 19.5. The Morgan fingerprint density at radius 2 is 2.00 bits per heavy atom. The number of unbranched alkanes of at least 4 members (excludes halogenated alkanes) is 2. The largest absolute Gasteiger partial charge is 0.357 e. The van der Waals surface area contributed by atoms with Crippen LogP contribution < -0.4 is 10.6 Å². The molecule has 1 heterocycles. The van der Waals surface area contributed by atoms with E-state index in [1.807, 2.05) is 18.7 Å². The summed E-state index contributed by atoms with van der Waals surface area (Å²) in [6.45, 7) is 9.32. The number of carbonyl (C=O) groups is 1. The first-order chi connectivity index (χ1) is 13.1. The monoisotopic (exact) mass is 372 g/mol. The minimum atomic E-state index is 0.0709. The molecule has 1 aromatic rings. The Bertz CT molecular complexity index is 585. The Morgan fingerprint density at radius 1 is 1.22 bits per heavy atom. The van der Waals surface area contributed by atoms with Gasteiger partial charge in [-0.1, -0.05) is 50.6 Å². The van der Waals surface area contributed by atoms with Gasteiger partial charge in [0.05, 0.1) is 0 Å². The van der Waals surface area contributed by atoms with Gasteiger partial charge in [0.2, 0.25) is 5.91 Å². The van der Waals surface area contributed by atoms with E-state index in [2.05, 4.69) is 47.9 Å². The van der Waals surface area contributed by atoms with Crippen LogP contribution in [0, 0.1) is 5.92 Å². The van der Waals surface area contributed by atoms with Crippen molar-refractivity contribution in [1.29, 1.82) is 0 Å². The van der Waals surface area contributed by atoms with E-state index in [1.165, 1.54) is 18.4 Å². The van der Waals surface area contributed by atoms with Crippen molar-refractivity contribution in [1.82, 2.24) is 15.5 Å². The van der Waals surface area contributed by atoms with Crippen molar-refractivity contribution in [3.63, 3.8) is 0 Å². The van der Waals surface area contributed by atoms with E-state index in [1.54, 1.807) is 0 Å². The summed E-state index contributed by atoms with van der Waals surface area (Å²) in [7, 11) is 0. The van der Waals surface area contributed by atoms with Gasteiger partial charge in [-0.3, -0.25) is 9.79 Å². The van der Waals surface area contributed by atoms with E-state index in [0.29, 0.717) is 6.04 Å². The average Bonchev–Trinajstić information content (AvgIpc) is 3.13. The molecule has 2 rings (SSSR count). The molecule has 5 nitrogen and oxygen atoms in total. The number of nitrogens with one attached hydrogen (secondary N) is 2. The summed E-state index contributed by atoms with van der Waals surface area (Å²) in [5.41, 5.74) is 1.41. The molecule has 1 fully saturated rings. The van der Waals surface area contributed by atoms with E-state index < -0.39 is 0 Å². The van der Waals surface area contributed by atoms with Crippen LogP contribution in [0.25, 0.3) is 0 Å². The molecule has 0 saturated carbocycles. The lowest BCUT2D eigenvalue weighted by Gasteiger charge is -2.20. The molecule has 1 aromatic carbocycles. The highest BCUT2D eigenvalue weighted by atomic mass is 16.2. The van der Waals surface area contributed by atoms with Crippen molar-refractivity contribution < 1.29 is 4.79 Å². The van der Waals surface area contributed by atoms with E-state index in [4.69, 9.17) is 4.99 Å². The second-order valence-corrected chi connectivity index (χ2v) is 7.63. The number of hydrogen-bond donors (Lipinski definition) is 2. The van der Waals surface area contributed by atoms with Crippen LogP contribution in [-0.4, -0.2) is 49.0 Å². The van der Waals surface area contributed by atoms with Gasteiger partial charge in [-0.2, -0.15) is 0 Å². The molecule has 1 aliphatic heterocycles. The minimum absolute atomic E-state index is 0.0709. The van der Waals surface area contributed by atoms with Crippen molar-refractivity contribution in [3.8, 4) is 0 Å². The van der Waals surface area contributed by atoms with Gasteiger partial charge in [0, 0.05) is 38.1 Å². The number of guanidine groups is 1. The molecule has 1 saturated heterocycles. The van der Waals surface area contributed by atoms with Gasteiger partial charge in [-0.05, 0) is 38.2 Å². The molecule has 0 aliphatic carbocycles. The van der Waals surface area contributed by atoms with Crippen LogP contribution in [0.3, 0.4) is 0 Å². The van der Waals surface area contributed by atoms with Crippen molar-refractivity contribution in [2.24, 2.45) is 10.9 Å². The SMILES string of the molecule is CCNC(=NCCCCCc1ccccc1)NC1CCN(C(=O)C(C)C)C1. The number of benzene rings is 1. The summed E-state index contributed by atoms with van der Waals surface area (Å²) in [6.07, 6.45) is 5.63. The highest BCUT2D eigenvalue weighted by Gasteiger charge is 2.27. The Labute approximate surface area is 164 Å². The molecule has 1 atom stereocenters. The van der Waals surface area contributed by atoms with Gasteiger partial charge >= 0.3 is 0 Å². The Balaban J connectivity index is 1.68. The summed E-state index contributed by atoms with van der Waals surface area (Å²) in [4.78, 5) is 18.8. The van der Waals surface area contributed by atoms with Gasteiger partial charge in [-0.25, -0.2) is 0 Å². The van der Waals surface area contributed by atoms with Crippen LogP contribution in [0.2, 0.25) is 0 Å². The fraction of sp³-hybridized carbons (Fsp3) is 0.636. The second kappa shape index (κ2) is 11.6. The Kier molecular flexibility index (Phi) is 9.16. The van der Waals surface area contributed by atoms with Gasteiger partial charge < -0.3 is 15.5 Å². The van der Waals surface area contributed by atoms with Crippen molar-refractivity contribution in [2.45, 2.75) is 58.9 Å². The first-order valence-electron chi connectivity index (χ1n) is 10.5. The normalized spacial score (nSPS) is 17.4. The van der Waals surface area contributed by atoms with Gasteiger partial charge in [-0.15, -0.1) is 0 Å². The number of likely N-dealkylation sites (tertiary alicyclic amines) is 1. The van der Waals surface area contributed by atoms with Gasteiger partial charge in [0.15, 0.2) is 5.96 Å². The molecule has 2 N–H and O–H groups in total. The number of amides is 1. The van der Waals surface area contributed by atoms with Crippen molar-refractivity contribution in [2.75, 3.05) is 26.2 Å². The fourth-order valence-electron chi connectivity index (χ4n) is 3.41. The molecule has 1 aliphatic rings. The van der Waals surface area contributed by atoms with Crippen LogP contribution in [0.4, 0.5) is 0 Å². The third-order valence-electron chi connectivity index (χ3n) is 4.92. The zero-order valence-corrected chi connectivity index (χ0v) is 17.2. The van der Waals surface area contributed by atoms with E-state index >= 15 is 0 Å². The predicted molar refractivity (Wildman–Crippen MR) is 113 cm³/mol. The molecular weight excluding hydrogens is 336 g/mol. The molecule has 27 heavy (non-hydrogen) atoms. The first kappa shape index (κ1) is 21.3. The minimum Gasteiger partial charge on any atom is -0.357 e. The van der Waals surface area contributed by atoms with E-state index in [9.17, 15) is 4.79 Å². The summed E-state index contributed by atoms with van der Waals surface area (Å²) >= 11 is 0. The third kappa shape index (κ3) is 7.61. The van der Waals surface area contributed by atoms with Crippen LogP contribution in [0.5, 0.6) is 0 Å². The second-order valence-electron chi connectivity index (χ2n) is 7.63. The molecule has 0 radical (unpaired) electrons. The predicted octanol–water partition coefficient (Wildman–Crippen LogP) is 3.21. The molecule has 1 amide bonds. The van der Waals surface area contributed by atoms with Gasteiger partial charge in [0.25, 0.3) is 0 Å². The summed E-state index contributed by atoms with van der Waals surface area (Å²) in [5.74, 6) is 1.20. The number of nitrogens with zero attached hydrogens (tertiary/aromatic N) is 2. The lowest BCUT2D eigenvalue weighted by molar-refractivity contribution is -0.133. The number of aliphatic imine (C=N–C) groups is 1. The van der Waals surface area contributed by atoms with Crippen molar-refractivity contribution >= 4 is 11.9 Å². The highest BCUT2D eigenvalue weighted by molar-refractivity contribution is 5.81. The third-order valence-corrected chi connectivity index (χ3v) is 4.92. The first-order valence-corrected chi connectivity index (χ1v) is 10.5. The fourth-order valence-corrected chi connectivity index (χ4v) is 3.41. The summed E-state index contributed by atoms with van der Waals surface area (Å²) < 4.78 is 0. The molecular formula is C22H36N4O. The maximum atomic E-state index is 12.1. The Hall–Kier alpha value is -2.04. The quantitative estimate of drug-likeness (QED) is 0.398. The van der Waals surface area contributed by atoms with Crippen LogP contribution in [0.15, 0.2) is 35.3 Å². The Morgan fingerprint density at radius 3 is 2.70 bits per heavy atom. The van der Waals surface area contributed by atoms with E-state index in [-0.39, 0.29) is 11.8 Å². The summed E-state index contributed by atoms with van der Waals surface area (Å²) in [5, 5.41) is 6.83. The maximum Gasteiger partial charge on any atom is 0.225 e. The highest BCUT2D eigenvalue weighted by Crippen LogP contribution is 2.12. The molecule has 0 aromatic heterocycles. The van der Waals surface area contributed by atoms with Gasteiger partial charge in [0.1, 0.15) is 0 Å². The standard InChI is InChI=1S/C22H36N4O/c1-4-23-22(25-20-14-16-26(17-20)21(27)18(2)3)24-15-10-6-9-13-19-11-7-5-8-12-19/h5,7-8,11-12,18,20H,4,6,9-10,13-17H2,1-3H3,(H2,23,24,25). The number of hydrogen-bond acceptors (Lipinski definition) is 2. The topological polar surface area (TPSA) is 56.7 Å².